The summed E-state index contributed by atoms with van der Waals surface area (Å²) >= 11 is 0. The second-order valence-corrected chi connectivity index (χ2v) is 6.78. The van der Waals surface area contributed by atoms with Crippen molar-refractivity contribution in [3.05, 3.63) is 90.0 Å². The summed E-state index contributed by atoms with van der Waals surface area (Å²) in [7, 11) is 1.63. The van der Waals surface area contributed by atoms with E-state index >= 15 is 0 Å². The fourth-order valence-corrected chi connectivity index (χ4v) is 2.89. The third kappa shape index (κ3) is 6.94. The molecule has 0 heterocycles. The van der Waals surface area contributed by atoms with Crippen LogP contribution in [0.25, 0.3) is 0 Å². The lowest BCUT2D eigenvalue weighted by Gasteiger charge is -2.09. The molecule has 30 heavy (non-hydrogen) atoms. The van der Waals surface area contributed by atoms with Gasteiger partial charge in [-0.3, -0.25) is 4.79 Å². The minimum Gasteiger partial charge on any atom is -0.494 e. The maximum absolute atomic E-state index is 12.4. The number of aryl methyl sites for hydroxylation is 1. The van der Waals surface area contributed by atoms with Crippen molar-refractivity contribution in [3.63, 3.8) is 0 Å². The van der Waals surface area contributed by atoms with Crippen LogP contribution >= 0.6 is 0 Å². The number of hydrogen-bond donors (Lipinski definition) is 1. The number of hydrogen-bond acceptors (Lipinski definition) is 4. The molecule has 3 rings (SSSR count). The molecular formula is C25H27NO4. The molecule has 0 fully saturated rings. The van der Waals surface area contributed by atoms with Crippen LogP contribution in [0.1, 0.15) is 22.3 Å². The van der Waals surface area contributed by atoms with Crippen LogP contribution in [0.5, 0.6) is 11.5 Å². The fraction of sp³-hybridized carbons (Fsp3) is 0.240. The summed E-state index contributed by atoms with van der Waals surface area (Å²) in [6.45, 7) is 1.65. The Bertz CT molecular complexity index is 893. The van der Waals surface area contributed by atoms with Gasteiger partial charge in [0.05, 0.1) is 13.2 Å². The molecule has 5 heteroatoms. The molecule has 0 radical (unpaired) electrons. The van der Waals surface area contributed by atoms with E-state index in [9.17, 15) is 4.79 Å². The quantitative estimate of drug-likeness (QED) is 0.457. The summed E-state index contributed by atoms with van der Waals surface area (Å²) in [5, 5.41) is 2.89. The molecule has 0 atom stereocenters. The van der Waals surface area contributed by atoms with Crippen LogP contribution in [0.3, 0.4) is 0 Å². The standard InChI is InChI=1S/C25H27NO4/c1-28-18-19-30-23-13-9-21(10-14-23)25(27)26-22-11-15-24(16-12-22)29-17-5-8-20-6-3-2-4-7-20/h2-4,6-7,9-16H,5,8,17-19H2,1H3,(H,26,27). The Morgan fingerprint density at radius 2 is 1.40 bits per heavy atom. The molecule has 0 bridgehead atoms. The Morgan fingerprint density at radius 3 is 2.07 bits per heavy atom. The van der Waals surface area contributed by atoms with Gasteiger partial charge >= 0.3 is 0 Å². The summed E-state index contributed by atoms with van der Waals surface area (Å²) < 4.78 is 16.2. The Hall–Kier alpha value is -3.31. The largest absolute Gasteiger partial charge is 0.494 e. The zero-order valence-corrected chi connectivity index (χ0v) is 17.2. The molecule has 1 amide bonds. The summed E-state index contributed by atoms with van der Waals surface area (Å²) in [5.41, 5.74) is 2.60. The maximum atomic E-state index is 12.4. The molecule has 0 saturated carbocycles. The Labute approximate surface area is 177 Å². The highest BCUT2D eigenvalue weighted by atomic mass is 16.5. The predicted molar refractivity (Wildman–Crippen MR) is 118 cm³/mol. The van der Waals surface area contributed by atoms with Gasteiger partial charge in [-0.15, -0.1) is 0 Å². The summed E-state index contributed by atoms with van der Waals surface area (Å²) in [4.78, 5) is 12.4. The molecule has 0 aliphatic carbocycles. The van der Waals surface area contributed by atoms with Crippen LogP contribution in [0, 0.1) is 0 Å². The number of rotatable bonds is 11. The molecule has 0 unspecified atom stereocenters. The average molecular weight is 405 g/mol. The van der Waals surface area contributed by atoms with Crippen molar-refractivity contribution in [1.29, 1.82) is 0 Å². The Morgan fingerprint density at radius 1 is 0.767 bits per heavy atom. The lowest BCUT2D eigenvalue weighted by atomic mass is 10.1. The monoisotopic (exact) mass is 405 g/mol. The number of anilines is 1. The van der Waals surface area contributed by atoms with Crippen molar-refractivity contribution in [2.45, 2.75) is 12.8 Å². The topological polar surface area (TPSA) is 56.8 Å². The van der Waals surface area contributed by atoms with Crippen LogP contribution in [0.4, 0.5) is 5.69 Å². The van der Waals surface area contributed by atoms with Gasteiger partial charge < -0.3 is 19.5 Å². The van der Waals surface area contributed by atoms with Crippen molar-refractivity contribution in [3.8, 4) is 11.5 Å². The van der Waals surface area contributed by atoms with E-state index in [0.29, 0.717) is 31.1 Å². The smallest absolute Gasteiger partial charge is 0.255 e. The first-order chi connectivity index (χ1) is 14.7. The number of benzene rings is 3. The van der Waals surface area contributed by atoms with Gasteiger partial charge in [0.1, 0.15) is 18.1 Å². The number of carbonyl (C=O) groups is 1. The van der Waals surface area contributed by atoms with E-state index in [1.54, 1.807) is 31.4 Å². The number of methoxy groups -OCH3 is 1. The number of amides is 1. The summed E-state index contributed by atoms with van der Waals surface area (Å²) in [6.07, 6.45) is 1.94. The molecule has 156 valence electrons. The molecule has 5 nitrogen and oxygen atoms in total. The van der Waals surface area contributed by atoms with Crippen molar-refractivity contribution < 1.29 is 19.0 Å². The number of nitrogens with one attached hydrogen (secondary N) is 1. The maximum Gasteiger partial charge on any atom is 0.255 e. The van der Waals surface area contributed by atoms with Crippen molar-refractivity contribution >= 4 is 11.6 Å². The van der Waals surface area contributed by atoms with Crippen molar-refractivity contribution in [1.82, 2.24) is 0 Å². The van der Waals surface area contributed by atoms with Crippen molar-refractivity contribution in [2.75, 3.05) is 32.2 Å². The van der Waals surface area contributed by atoms with Crippen LogP contribution < -0.4 is 14.8 Å². The number of carbonyl (C=O) groups excluding carboxylic acids is 1. The summed E-state index contributed by atoms with van der Waals surface area (Å²) in [5.74, 6) is 1.32. The zero-order chi connectivity index (χ0) is 21.0. The van der Waals surface area contributed by atoms with Crippen LogP contribution in [-0.4, -0.2) is 32.8 Å². The molecule has 0 aliphatic rings. The first-order valence-corrected chi connectivity index (χ1v) is 10.0. The van der Waals surface area contributed by atoms with Gasteiger partial charge in [-0.2, -0.15) is 0 Å². The molecule has 1 N–H and O–H groups in total. The van der Waals surface area contributed by atoms with Gasteiger partial charge in [0, 0.05) is 18.4 Å². The lowest BCUT2D eigenvalue weighted by molar-refractivity contribution is 0.102. The number of ether oxygens (including phenoxy) is 3. The molecule has 3 aromatic rings. The highest BCUT2D eigenvalue weighted by Crippen LogP contribution is 2.18. The van der Waals surface area contributed by atoms with Crippen molar-refractivity contribution in [2.24, 2.45) is 0 Å². The molecule has 0 spiro atoms. The van der Waals surface area contributed by atoms with Gasteiger partial charge in [-0.25, -0.2) is 0 Å². The molecule has 0 saturated heterocycles. The van der Waals surface area contributed by atoms with Crippen LogP contribution in [0.15, 0.2) is 78.9 Å². The normalized spacial score (nSPS) is 10.4. The minimum absolute atomic E-state index is 0.171. The lowest BCUT2D eigenvalue weighted by Crippen LogP contribution is -2.12. The molecule has 0 aliphatic heterocycles. The average Bonchev–Trinajstić information content (AvgIpc) is 2.79. The third-order valence-corrected chi connectivity index (χ3v) is 4.51. The van der Waals surface area contributed by atoms with E-state index in [2.05, 4.69) is 17.4 Å². The van der Waals surface area contributed by atoms with E-state index in [1.165, 1.54) is 5.56 Å². The second kappa shape index (κ2) is 11.6. The van der Waals surface area contributed by atoms with E-state index in [1.807, 2.05) is 42.5 Å². The predicted octanol–water partition coefficient (Wildman–Crippen LogP) is 4.98. The Kier molecular flexibility index (Phi) is 8.30. The first-order valence-electron chi connectivity index (χ1n) is 10.0. The van der Waals surface area contributed by atoms with Gasteiger partial charge in [-0.05, 0) is 66.9 Å². The van der Waals surface area contributed by atoms with Gasteiger partial charge in [0.25, 0.3) is 5.91 Å². The second-order valence-electron chi connectivity index (χ2n) is 6.78. The highest BCUT2D eigenvalue weighted by molar-refractivity contribution is 6.04. The van der Waals surface area contributed by atoms with Gasteiger partial charge in [0.2, 0.25) is 0 Å². The summed E-state index contributed by atoms with van der Waals surface area (Å²) in [6, 6.07) is 24.8. The fourth-order valence-electron chi connectivity index (χ4n) is 2.89. The third-order valence-electron chi connectivity index (χ3n) is 4.51. The molecule has 3 aromatic carbocycles. The SMILES string of the molecule is COCCOc1ccc(C(=O)Nc2ccc(OCCCc3ccccc3)cc2)cc1. The molecule has 0 aromatic heterocycles. The highest BCUT2D eigenvalue weighted by Gasteiger charge is 2.07. The minimum atomic E-state index is -0.171. The van der Waals surface area contributed by atoms with E-state index in [-0.39, 0.29) is 5.91 Å². The Balaban J connectivity index is 1.42. The van der Waals surface area contributed by atoms with Crippen LogP contribution in [-0.2, 0) is 11.2 Å². The van der Waals surface area contributed by atoms with E-state index < -0.39 is 0 Å². The van der Waals surface area contributed by atoms with Gasteiger partial charge in [0.15, 0.2) is 0 Å². The van der Waals surface area contributed by atoms with E-state index in [0.717, 1.165) is 24.3 Å². The van der Waals surface area contributed by atoms with E-state index in [4.69, 9.17) is 14.2 Å². The molecular weight excluding hydrogens is 378 g/mol. The zero-order valence-electron chi connectivity index (χ0n) is 17.2. The van der Waals surface area contributed by atoms with Gasteiger partial charge in [-0.1, -0.05) is 30.3 Å². The first kappa shape index (κ1) is 21.4. The van der Waals surface area contributed by atoms with Crippen LogP contribution in [0.2, 0.25) is 0 Å².